The summed E-state index contributed by atoms with van der Waals surface area (Å²) in [4.78, 5) is 23.3. The van der Waals surface area contributed by atoms with Crippen molar-refractivity contribution in [2.75, 3.05) is 0 Å². The third kappa shape index (κ3) is 19.6. The van der Waals surface area contributed by atoms with Gasteiger partial charge in [0, 0.05) is 5.41 Å². The Kier molecular flexibility index (Phi) is 31.4. The molecule has 0 atom stereocenters. The van der Waals surface area contributed by atoms with Gasteiger partial charge in [-0.3, -0.25) is 0 Å². The first-order chi connectivity index (χ1) is 14.0. The fourth-order valence-corrected chi connectivity index (χ4v) is 4.09. The summed E-state index contributed by atoms with van der Waals surface area (Å²) in [6.07, 6.45) is 20.2. The van der Waals surface area contributed by atoms with Gasteiger partial charge < -0.3 is 19.8 Å². The van der Waals surface area contributed by atoms with Gasteiger partial charge in [-0.05, 0) is 12.8 Å². The van der Waals surface area contributed by atoms with Crippen LogP contribution >= 0.6 is 0 Å². The van der Waals surface area contributed by atoms with Crippen LogP contribution < -0.4 is 91.2 Å². The molecule has 0 aliphatic heterocycles. The molecule has 0 saturated carbocycles. The Morgan fingerprint density at radius 1 is 0.516 bits per heavy atom. The predicted molar refractivity (Wildman–Crippen MR) is 116 cm³/mol. The molecule has 0 heterocycles. The van der Waals surface area contributed by atoms with Crippen molar-refractivity contribution < 1.29 is 101 Å². The number of unbranched alkanes of at least 4 members (excludes halogenated alkanes) is 16. The van der Waals surface area contributed by atoms with Crippen LogP contribution in [0.2, 0.25) is 0 Å². The van der Waals surface area contributed by atoms with Gasteiger partial charge >= 0.3 is 80.9 Å². The third-order valence-electron chi connectivity index (χ3n) is 6.20. The molecule has 0 rings (SSSR count). The molecule has 6 heteroatoms. The van der Waals surface area contributed by atoms with Gasteiger partial charge in [0.15, 0.2) is 0 Å². The topological polar surface area (TPSA) is 80.3 Å². The van der Waals surface area contributed by atoms with E-state index in [1.54, 1.807) is 0 Å². The van der Waals surface area contributed by atoms with Gasteiger partial charge in [-0.1, -0.05) is 129 Å². The zero-order valence-electron chi connectivity index (χ0n) is 21.3. The average molecular weight is 473 g/mol. The van der Waals surface area contributed by atoms with Crippen LogP contribution in [0.1, 0.15) is 142 Å². The molecule has 4 nitrogen and oxygen atoms in total. The van der Waals surface area contributed by atoms with Gasteiger partial charge in [0.2, 0.25) is 0 Å². The molecule has 0 fully saturated rings. The molecule has 31 heavy (non-hydrogen) atoms. The number of carbonyl (C=O) groups excluding carboxylic acids is 2. The normalized spacial score (nSPS) is 10.9. The molecule has 0 radical (unpaired) electrons. The quantitative estimate of drug-likeness (QED) is 0.119. The SMILES string of the molecule is CCCCCCCCCCCC(CCCCCCCCCCC)(C(=O)[O-])C(=O)[O-].[K+].[Na+]. The molecule has 0 aromatic heterocycles. The molecule has 0 aliphatic rings. The second kappa shape index (κ2) is 26.2. The van der Waals surface area contributed by atoms with Crippen LogP contribution in [0.5, 0.6) is 0 Å². The number of rotatable bonds is 22. The van der Waals surface area contributed by atoms with E-state index < -0.39 is 17.4 Å². The van der Waals surface area contributed by atoms with Crippen molar-refractivity contribution in [3.63, 3.8) is 0 Å². The van der Waals surface area contributed by atoms with E-state index in [1.165, 1.54) is 64.2 Å². The Labute approximate surface area is 257 Å². The van der Waals surface area contributed by atoms with E-state index in [4.69, 9.17) is 0 Å². The second-order valence-electron chi connectivity index (χ2n) is 8.81. The van der Waals surface area contributed by atoms with Gasteiger partial charge in [-0.25, -0.2) is 0 Å². The fourth-order valence-electron chi connectivity index (χ4n) is 4.09. The van der Waals surface area contributed by atoms with Crippen LogP contribution in [-0.2, 0) is 9.59 Å². The zero-order chi connectivity index (χ0) is 21.8. The van der Waals surface area contributed by atoms with Crippen molar-refractivity contribution in [3.05, 3.63) is 0 Å². The molecule has 0 amide bonds. The van der Waals surface area contributed by atoms with Crippen LogP contribution in [0.25, 0.3) is 0 Å². The molecule has 0 spiro atoms. The van der Waals surface area contributed by atoms with E-state index in [0.29, 0.717) is 12.8 Å². The van der Waals surface area contributed by atoms with Crippen molar-refractivity contribution in [2.45, 2.75) is 142 Å². The maximum atomic E-state index is 11.7. The molecule has 0 bridgehead atoms. The van der Waals surface area contributed by atoms with Crippen LogP contribution in [0.3, 0.4) is 0 Å². The Morgan fingerprint density at radius 3 is 0.968 bits per heavy atom. The average Bonchev–Trinajstić information content (AvgIpc) is 2.69. The molecule has 0 aromatic carbocycles. The Bertz CT molecular complexity index is 380. The van der Waals surface area contributed by atoms with E-state index in [0.717, 1.165) is 38.5 Å². The first-order valence-corrected chi connectivity index (χ1v) is 12.4. The molecule has 0 aliphatic carbocycles. The zero-order valence-corrected chi connectivity index (χ0v) is 26.4. The van der Waals surface area contributed by atoms with Crippen molar-refractivity contribution >= 4 is 11.9 Å². The predicted octanol–water partition coefficient (Wildman–Crippen LogP) is -0.678. The smallest absolute Gasteiger partial charge is 0.549 e. The summed E-state index contributed by atoms with van der Waals surface area (Å²) in [5, 5.41) is 23.3. The molecule has 0 N–H and O–H groups in total. The number of aliphatic carboxylic acids is 2. The van der Waals surface area contributed by atoms with Gasteiger partial charge in [-0.2, -0.15) is 0 Å². The van der Waals surface area contributed by atoms with E-state index in [9.17, 15) is 19.8 Å². The number of carbonyl (C=O) groups is 2. The van der Waals surface area contributed by atoms with Crippen LogP contribution in [0.4, 0.5) is 0 Å². The van der Waals surface area contributed by atoms with Crippen molar-refractivity contribution in [3.8, 4) is 0 Å². The van der Waals surface area contributed by atoms with Gasteiger partial charge in [0.25, 0.3) is 0 Å². The molecule has 172 valence electrons. The van der Waals surface area contributed by atoms with E-state index in [2.05, 4.69) is 13.8 Å². The summed E-state index contributed by atoms with van der Waals surface area (Å²) >= 11 is 0. The maximum absolute atomic E-state index is 11.7. The van der Waals surface area contributed by atoms with Gasteiger partial charge in [0.05, 0.1) is 11.9 Å². The van der Waals surface area contributed by atoms with E-state index in [-0.39, 0.29) is 93.8 Å². The monoisotopic (exact) mass is 472 g/mol. The van der Waals surface area contributed by atoms with E-state index in [1.807, 2.05) is 0 Å². The number of hydrogen-bond acceptors (Lipinski definition) is 4. The first kappa shape index (κ1) is 37.1. The molecular weight excluding hydrogens is 426 g/mol. The fraction of sp³-hybridized carbons (Fsp3) is 0.920. The van der Waals surface area contributed by atoms with Gasteiger partial charge in [0.1, 0.15) is 0 Å². The third-order valence-corrected chi connectivity index (χ3v) is 6.20. The Hall–Kier alpha value is 1.58. The summed E-state index contributed by atoms with van der Waals surface area (Å²) in [6.45, 7) is 4.41. The summed E-state index contributed by atoms with van der Waals surface area (Å²) in [5.41, 5.74) is -1.80. The first-order valence-electron chi connectivity index (χ1n) is 12.4. The van der Waals surface area contributed by atoms with Crippen molar-refractivity contribution in [2.24, 2.45) is 5.41 Å². The largest absolute Gasteiger partial charge is 1.00 e. The van der Waals surface area contributed by atoms with Crippen LogP contribution in [0.15, 0.2) is 0 Å². The van der Waals surface area contributed by atoms with Crippen molar-refractivity contribution in [1.82, 2.24) is 0 Å². The molecule has 0 aromatic rings. The van der Waals surface area contributed by atoms with Crippen LogP contribution in [0, 0.1) is 5.41 Å². The minimum absolute atomic E-state index is 0. The summed E-state index contributed by atoms with van der Waals surface area (Å²) in [7, 11) is 0. The van der Waals surface area contributed by atoms with Gasteiger partial charge in [-0.15, -0.1) is 0 Å². The van der Waals surface area contributed by atoms with E-state index >= 15 is 0 Å². The Morgan fingerprint density at radius 2 is 0.742 bits per heavy atom. The summed E-state index contributed by atoms with van der Waals surface area (Å²) in [6, 6.07) is 0. The minimum atomic E-state index is -1.80. The minimum Gasteiger partial charge on any atom is -0.549 e. The summed E-state index contributed by atoms with van der Waals surface area (Å²) < 4.78 is 0. The second-order valence-corrected chi connectivity index (χ2v) is 8.81. The van der Waals surface area contributed by atoms with Crippen molar-refractivity contribution in [1.29, 1.82) is 0 Å². The molecule has 0 saturated heterocycles. The number of carboxylic acids is 2. The molecule has 0 unspecified atom stereocenters. The Balaban J connectivity index is -0.00000392. The van der Waals surface area contributed by atoms with Crippen LogP contribution in [-0.4, -0.2) is 11.9 Å². The standard InChI is InChI=1S/C25H48O4.K.Na/c1-3-5-7-9-11-13-15-17-19-21-25(23(26)27,24(28)29)22-20-18-16-14-12-10-8-6-4-2;;/h3-22H2,1-2H3,(H,26,27)(H,28,29);;/q;2*+1/p-2. The number of carboxylic acid groups (broad SMARTS) is 2. The maximum Gasteiger partial charge on any atom is 1.00 e. The molecular formula is C25H46KNaO4. The number of hydrogen-bond donors (Lipinski definition) is 0. The summed E-state index contributed by atoms with van der Waals surface area (Å²) in [5.74, 6) is -2.92.